The van der Waals surface area contributed by atoms with E-state index in [1.54, 1.807) is 0 Å². The molecule has 39 heavy (non-hydrogen) atoms. The van der Waals surface area contributed by atoms with Crippen LogP contribution in [0.3, 0.4) is 0 Å². The molecule has 0 aliphatic rings. The first-order chi connectivity index (χ1) is 17.4. The second kappa shape index (κ2) is 15.2. The van der Waals surface area contributed by atoms with E-state index >= 15 is 0 Å². The Labute approximate surface area is 261 Å². The SMILES string of the molecule is Cc1c(C[n+]2ccc(C#N)cc2)c(C)c(C[n+]2ccc(C#N)cc2)c(C)c1C[n+]1ccc(C#N)cc1.[Br-].[Br-].[Br-]. The van der Waals surface area contributed by atoms with Gasteiger partial charge in [0.2, 0.25) is 0 Å². The molecule has 9 heteroatoms. The largest absolute Gasteiger partial charge is 1.00 e. The van der Waals surface area contributed by atoms with E-state index in [0.717, 1.165) is 0 Å². The van der Waals surface area contributed by atoms with Crippen LogP contribution in [-0.2, 0) is 19.6 Å². The van der Waals surface area contributed by atoms with E-state index in [-0.39, 0.29) is 50.9 Å². The minimum atomic E-state index is 0. The van der Waals surface area contributed by atoms with Gasteiger partial charge in [0.05, 0.1) is 34.9 Å². The molecule has 3 aromatic heterocycles. The van der Waals surface area contributed by atoms with Gasteiger partial charge >= 0.3 is 0 Å². The fourth-order valence-corrected chi connectivity index (χ4v) is 4.56. The van der Waals surface area contributed by atoms with Gasteiger partial charge in [-0.05, 0) is 37.5 Å². The Morgan fingerprint density at radius 1 is 0.462 bits per heavy atom. The minimum Gasteiger partial charge on any atom is -1.00 e. The molecule has 0 atom stereocenters. The molecule has 0 spiro atoms. The molecule has 0 amide bonds. The number of hydrogen-bond acceptors (Lipinski definition) is 3. The van der Waals surface area contributed by atoms with Crippen molar-refractivity contribution in [2.45, 2.75) is 40.4 Å². The van der Waals surface area contributed by atoms with E-state index in [9.17, 15) is 0 Å². The van der Waals surface area contributed by atoms with Gasteiger partial charge in [0, 0.05) is 53.1 Å². The lowest BCUT2D eigenvalue weighted by Crippen LogP contribution is -3.00. The molecule has 0 fully saturated rings. The molecule has 4 rings (SSSR count). The van der Waals surface area contributed by atoms with Crippen LogP contribution in [0.5, 0.6) is 0 Å². The lowest BCUT2D eigenvalue weighted by atomic mass is 9.87. The molecule has 0 unspecified atom stereocenters. The van der Waals surface area contributed by atoms with Gasteiger partial charge in [-0.15, -0.1) is 0 Å². The van der Waals surface area contributed by atoms with Crippen LogP contribution in [0.1, 0.15) is 50.1 Å². The molecule has 0 aliphatic heterocycles. The standard InChI is InChI=1S/C30H27N6.3BrH/c1-22-28(19-34-10-4-25(16-31)5-11-34)23(2)30(21-36-14-8-27(18-33)9-15-36)24(3)29(22)20-35-12-6-26(17-32)7-13-35;;;/h4-15H,19-21H2,1-3H3;3*1H/q+3;;;/p-3. The van der Waals surface area contributed by atoms with E-state index < -0.39 is 0 Å². The van der Waals surface area contributed by atoms with Crippen molar-refractivity contribution in [2.75, 3.05) is 0 Å². The van der Waals surface area contributed by atoms with Crippen LogP contribution < -0.4 is 64.6 Å². The van der Waals surface area contributed by atoms with Crippen molar-refractivity contribution in [3.63, 3.8) is 0 Å². The van der Waals surface area contributed by atoms with Crippen LogP contribution in [0.25, 0.3) is 0 Å². The summed E-state index contributed by atoms with van der Waals surface area (Å²) in [6.07, 6.45) is 11.7. The monoisotopic (exact) mass is 708 g/mol. The summed E-state index contributed by atoms with van der Waals surface area (Å²) in [6, 6.07) is 17.5. The molecule has 0 N–H and O–H groups in total. The van der Waals surface area contributed by atoms with Crippen molar-refractivity contribution >= 4 is 0 Å². The third kappa shape index (κ3) is 7.80. The van der Waals surface area contributed by atoms with Crippen molar-refractivity contribution in [1.82, 2.24) is 0 Å². The minimum absolute atomic E-state index is 0. The first-order valence-electron chi connectivity index (χ1n) is 11.7. The average molecular weight is 711 g/mol. The predicted molar refractivity (Wildman–Crippen MR) is 132 cm³/mol. The zero-order valence-corrected chi connectivity index (χ0v) is 26.6. The van der Waals surface area contributed by atoms with E-state index in [1.807, 2.05) is 73.6 Å². The molecule has 198 valence electrons. The van der Waals surface area contributed by atoms with Crippen molar-refractivity contribution < 1.29 is 64.6 Å². The highest BCUT2D eigenvalue weighted by Gasteiger charge is 2.23. The third-order valence-electron chi connectivity index (χ3n) is 6.80. The maximum absolute atomic E-state index is 9.16. The lowest BCUT2D eigenvalue weighted by molar-refractivity contribution is -0.690. The molecule has 0 saturated heterocycles. The first kappa shape index (κ1) is 33.6. The fraction of sp³-hybridized carbons (Fsp3) is 0.200. The number of pyridine rings is 3. The van der Waals surface area contributed by atoms with E-state index in [2.05, 4.69) is 52.7 Å². The number of rotatable bonds is 6. The van der Waals surface area contributed by atoms with Crippen LogP contribution in [0.15, 0.2) is 73.6 Å². The number of hydrogen-bond donors (Lipinski definition) is 0. The summed E-state index contributed by atoms with van der Waals surface area (Å²) in [4.78, 5) is 0. The van der Waals surface area contributed by atoms with Gasteiger partial charge in [0.25, 0.3) is 0 Å². The summed E-state index contributed by atoms with van der Waals surface area (Å²) in [6.45, 7) is 8.62. The van der Waals surface area contributed by atoms with Gasteiger partial charge in [0.1, 0.15) is 0 Å². The second-order valence-corrected chi connectivity index (χ2v) is 8.92. The Kier molecular flexibility index (Phi) is 13.1. The number of nitriles is 3. The maximum atomic E-state index is 9.16. The van der Waals surface area contributed by atoms with Crippen molar-refractivity contribution in [1.29, 1.82) is 15.8 Å². The van der Waals surface area contributed by atoms with Crippen molar-refractivity contribution in [3.05, 3.63) is 124 Å². The van der Waals surface area contributed by atoms with E-state index in [4.69, 9.17) is 15.8 Å². The van der Waals surface area contributed by atoms with E-state index in [1.165, 1.54) is 33.4 Å². The highest BCUT2D eigenvalue weighted by molar-refractivity contribution is 5.50. The average Bonchev–Trinajstić information content (AvgIpc) is 2.92. The third-order valence-corrected chi connectivity index (χ3v) is 6.80. The summed E-state index contributed by atoms with van der Waals surface area (Å²) in [7, 11) is 0. The number of benzene rings is 1. The van der Waals surface area contributed by atoms with Gasteiger partial charge in [-0.25, -0.2) is 13.7 Å². The van der Waals surface area contributed by atoms with Gasteiger partial charge in [-0.1, -0.05) is 0 Å². The fourth-order valence-electron chi connectivity index (χ4n) is 4.56. The van der Waals surface area contributed by atoms with Crippen LogP contribution in [0, 0.1) is 54.8 Å². The molecular weight excluding hydrogens is 684 g/mol. The van der Waals surface area contributed by atoms with Gasteiger partial charge < -0.3 is 50.9 Å². The zero-order valence-electron chi connectivity index (χ0n) is 21.9. The number of nitrogens with zero attached hydrogens (tertiary/aromatic N) is 6. The summed E-state index contributed by atoms with van der Waals surface area (Å²) in [5.74, 6) is 0. The highest BCUT2D eigenvalue weighted by Crippen LogP contribution is 2.27. The Bertz CT molecular complexity index is 1330. The molecule has 4 aromatic rings. The highest BCUT2D eigenvalue weighted by atomic mass is 79.9. The lowest BCUT2D eigenvalue weighted by Gasteiger charge is -2.19. The van der Waals surface area contributed by atoms with E-state index in [0.29, 0.717) is 36.3 Å². The summed E-state index contributed by atoms with van der Waals surface area (Å²) >= 11 is 0. The van der Waals surface area contributed by atoms with Crippen LogP contribution in [-0.4, -0.2) is 0 Å². The second-order valence-electron chi connectivity index (χ2n) is 8.92. The van der Waals surface area contributed by atoms with Crippen molar-refractivity contribution in [2.24, 2.45) is 0 Å². The van der Waals surface area contributed by atoms with Crippen molar-refractivity contribution in [3.8, 4) is 18.2 Å². The maximum Gasteiger partial charge on any atom is 0.174 e. The normalized spacial score (nSPS) is 9.54. The molecule has 0 aliphatic carbocycles. The first-order valence-corrected chi connectivity index (χ1v) is 11.7. The van der Waals surface area contributed by atoms with Gasteiger partial charge in [0.15, 0.2) is 56.8 Å². The Morgan fingerprint density at radius 2 is 0.667 bits per heavy atom. The van der Waals surface area contributed by atoms with Gasteiger partial charge in [-0.2, -0.15) is 15.8 Å². The Hall–Kier alpha value is -3.42. The van der Waals surface area contributed by atoms with Gasteiger partial charge in [-0.3, -0.25) is 0 Å². The molecule has 0 bridgehead atoms. The van der Waals surface area contributed by atoms with Crippen LogP contribution >= 0.6 is 0 Å². The number of halogens is 3. The summed E-state index contributed by atoms with van der Waals surface area (Å²) < 4.78 is 6.30. The summed E-state index contributed by atoms with van der Waals surface area (Å²) in [5, 5.41) is 27.5. The zero-order chi connectivity index (χ0) is 25.7. The smallest absolute Gasteiger partial charge is 0.174 e. The van der Waals surface area contributed by atoms with Crippen LogP contribution in [0.2, 0.25) is 0 Å². The number of aromatic nitrogens is 3. The Morgan fingerprint density at radius 3 is 0.846 bits per heavy atom. The Balaban J connectivity index is 0.00000253. The molecule has 3 heterocycles. The molecule has 0 radical (unpaired) electrons. The quantitative estimate of drug-likeness (QED) is 0.187. The molecule has 1 aromatic carbocycles. The molecule has 6 nitrogen and oxygen atoms in total. The topological polar surface area (TPSA) is 83.0 Å². The molecule has 0 saturated carbocycles. The van der Waals surface area contributed by atoms with Crippen LogP contribution in [0.4, 0.5) is 0 Å². The predicted octanol–water partition coefficient (Wildman–Crippen LogP) is -5.75. The summed E-state index contributed by atoms with van der Waals surface area (Å²) in [5.41, 5.74) is 9.40. The molecular formula is C30H27Br3N6.